The van der Waals surface area contributed by atoms with Crippen molar-refractivity contribution >= 4 is 5.82 Å². The Morgan fingerprint density at radius 2 is 1.86 bits per heavy atom. The van der Waals surface area contributed by atoms with Crippen molar-refractivity contribution in [2.45, 2.75) is 32.7 Å². The molecule has 1 aliphatic heterocycles. The van der Waals surface area contributed by atoms with Crippen LogP contribution in [0.5, 0.6) is 0 Å². The molecule has 1 aliphatic rings. The van der Waals surface area contributed by atoms with Gasteiger partial charge in [-0.25, -0.2) is 14.4 Å². The van der Waals surface area contributed by atoms with Crippen molar-refractivity contribution in [1.82, 2.24) is 15.3 Å². The summed E-state index contributed by atoms with van der Waals surface area (Å²) in [6.07, 6.45) is 2.13. The van der Waals surface area contributed by atoms with Gasteiger partial charge in [-0.1, -0.05) is 12.1 Å². The molecule has 0 atom stereocenters. The van der Waals surface area contributed by atoms with Gasteiger partial charge >= 0.3 is 0 Å². The molecule has 0 saturated carbocycles. The van der Waals surface area contributed by atoms with E-state index in [1.54, 1.807) is 18.2 Å². The van der Waals surface area contributed by atoms with Crippen molar-refractivity contribution in [2.24, 2.45) is 0 Å². The van der Waals surface area contributed by atoms with Gasteiger partial charge in [-0.05, 0) is 51.9 Å². The van der Waals surface area contributed by atoms with E-state index in [4.69, 9.17) is 0 Å². The smallest absolute Gasteiger partial charge is 0.164 e. The molecule has 1 aromatic carbocycles. The lowest BCUT2D eigenvalue weighted by atomic mass is 10.1. The zero-order valence-corrected chi connectivity index (χ0v) is 13.0. The minimum absolute atomic E-state index is 0.293. The van der Waals surface area contributed by atoms with E-state index in [1.807, 2.05) is 13.8 Å². The van der Waals surface area contributed by atoms with E-state index in [2.05, 4.69) is 20.6 Å². The monoisotopic (exact) mass is 300 g/mol. The highest BCUT2D eigenvalue weighted by atomic mass is 19.1. The molecule has 2 N–H and O–H groups in total. The summed E-state index contributed by atoms with van der Waals surface area (Å²) in [6, 6.07) is 7.04. The first-order chi connectivity index (χ1) is 10.6. The van der Waals surface area contributed by atoms with Crippen molar-refractivity contribution < 1.29 is 4.39 Å². The van der Waals surface area contributed by atoms with Gasteiger partial charge in [0.1, 0.15) is 11.6 Å². The molecule has 0 spiro atoms. The Hall–Kier alpha value is -2.01. The van der Waals surface area contributed by atoms with Gasteiger partial charge in [0.15, 0.2) is 5.82 Å². The fraction of sp³-hybridized carbons (Fsp3) is 0.412. The second kappa shape index (κ2) is 6.40. The number of hydrogen-bond donors (Lipinski definition) is 2. The van der Waals surface area contributed by atoms with Crippen LogP contribution in [0.4, 0.5) is 10.2 Å². The largest absolute Gasteiger partial charge is 0.367 e. The molecule has 0 aliphatic carbocycles. The number of nitrogens with zero attached hydrogens (tertiary/aromatic N) is 2. The molecule has 0 radical (unpaired) electrons. The van der Waals surface area contributed by atoms with Crippen LogP contribution < -0.4 is 10.6 Å². The van der Waals surface area contributed by atoms with Crippen LogP contribution in [-0.4, -0.2) is 29.1 Å². The lowest BCUT2D eigenvalue weighted by molar-refractivity contribution is 0.478. The minimum Gasteiger partial charge on any atom is -0.367 e. The van der Waals surface area contributed by atoms with E-state index in [0.29, 0.717) is 17.4 Å². The van der Waals surface area contributed by atoms with E-state index in [1.165, 1.54) is 6.07 Å². The first kappa shape index (κ1) is 14.9. The Balaban J connectivity index is 1.94. The molecule has 0 unspecified atom stereocenters. The Morgan fingerprint density at radius 3 is 2.59 bits per heavy atom. The number of nitrogens with one attached hydrogen (secondary N) is 2. The summed E-state index contributed by atoms with van der Waals surface area (Å²) in [4.78, 5) is 9.03. The zero-order chi connectivity index (χ0) is 15.5. The molecule has 1 aromatic heterocycles. The van der Waals surface area contributed by atoms with Crippen molar-refractivity contribution in [3.8, 4) is 11.4 Å². The molecule has 2 aromatic rings. The Morgan fingerprint density at radius 1 is 1.14 bits per heavy atom. The van der Waals surface area contributed by atoms with Crippen LogP contribution in [0.15, 0.2) is 24.3 Å². The third kappa shape index (κ3) is 3.09. The Kier molecular flexibility index (Phi) is 4.34. The molecule has 1 saturated heterocycles. The minimum atomic E-state index is -0.293. The average molecular weight is 300 g/mol. The second-order valence-corrected chi connectivity index (χ2v) is 5.75. The third-order valence-corrected chi connectivity index (χ3v) is 4.18. The summed E-state index contributed by atoms with van der Waals surface area (Å²) in [5.74, 6) is 0.967. The number of aryl methyl sites for hydroxylation is 1. The molecule has 1 fully saturated rings. The van der Waals surface area contributed by atoms with Crippen molar-refractivity contribution in [3.05, 3.63) is 41.3 Å². The quantitative estimate of drug-likeness (QED) is 0.914. The van der Waals surface area contributed by atoms with Crippen LogP contribution in [0.1, 0.15) is 24.1 Å². The molecular weight excluding hydrogens is 279 g/mol. The first-order valence-corrected chi connectivity index (χ1v) is 7.72. The normalized spacial score (nSPS) is 15.8. The molecule has 5 heteroatoms. The molecule has 4 nitrogen and oxygen atoms in total. The van der Waals surface area contributed by atoms with Crippen molar-refractivity contribution in [3.63, 3.8) is 0 Å². The molecule has 116 valence electrons. The maximum atomic E-state index is 14.0. The SMILES string of the molecule is Cc1nc(-c2ccccc2F)nc(NC2CCNCC2)c1C. The lowest BCUT2D eigenvalue weighted by Gasteiger charge is -2.25. The Labute approximate surface area is 130 Å². The molecule has 0 bridgehead atoms. The highest BCUT2D eigenvalue weighted by molar-refractivity contribution is 5.60. The summed E-state index contributed by atoms with van der Waals surface area (Å²) in [7, 11) is 0. The number of hydrogen-bond acceptors (Lipinski definition) is 4. The van der Waals surface area contributed by atoms with Gasteiger partial charge in [-0.2, -0.15) is 0 Å². The lowest BCUT2D eigenvalue weighted by Crippen LogP contribution is -2.35. The number of aromatic nitrogens is 2. The van der Waals surface area contributed by atoms with E-state index >= 15 is 0 Å². The molecule has 0 amide bonds. The predicted molar refractivity (Wildman–Crippen MR) is 86.4 cm³/mol. The molecule has 3 rings (SSSR count). The van der Waals surface area contributed by atoms with Crippen molar-refractivity contribution in [1.29, 1.82) is 0 Å². The highest BCUT2D eigenvalue weighted by Crippen LogP contribution is 2.24. The van der Waals surface area contributed by atoms with Gasteiger partial charge in [-0.3, -0.25) is 0 Å². The number of rotatable bonds is 3. The van der Waals surface area contributed by atoms with Crippen molar-refractivity contribution in [2.75, 3.05) is 18.4 Å². The van der Waals surface area contributed by atoms with Crippen LogP contribution in [-0.2, 0) is 0 Å². The van der Waals surface area contributed by atoms with Crippen LogP contribution in [0.25, 0.3) is 11.4 Å². The van der Waals surface area contributed by atoms with E-state index in [-0.39, 0.29) is 5.82 Å². The average Bonchev–Trinajstić information content (AvgIpc) is 2.53. The Bertz CT molecular complexity index is 666. The highest BCUT2D eigenvalue weighted by Gasteiger charge is 2.17. The predicted octanol–water partition coefficient (Wildman–Crippen LogP) is 3.06. The summed E-state index contributed by atoms with van der Waals surface area (Å²) in [6.45, 7) is 5.97. The molecule has 22 heavy (non-hydrogen) atoms. The van der Waals surface area contributed by atoms with Crippen LogP contribution in [0.2, 0.25) is 0 Å². The van der Waals surface area contributed by atoms with Gasteiger partial charge in [0.25, 0.3) is 0 Å². The van der Waals surface area contributed by atoms with Gasteiger partial charge < -0.3 is 10.6 Å². The fourth-order valence-corrected chi connectivity index (χ4v) is 2.69. The van der Waals surface area contributed by atoms with Crippen LogP contribution >= 0.6 is 0 Å². The van der Waals surface area contributed by atoms with E-state index in [9.17, 15) is 4.39 Å². The number of piperidine rings is 1. The molecular formula is C17H21FN4. The summed E-state index contributed by atoms with van der Waals surface area (Å²) in [5, 5.41) is 6.85. The summed E-state index contributed by atoms with van der Waals surface area (Å²) in [5.41, 5.74) is 2.35. The number of halogens is 1. The summed E-state index contributed by atoms with van der Waals surface area (Å²) >= 11 is 0. The zero-order valence-electron chi connectivity index (χ0n) is 13.0. The maximum Gasteiger partial charge on any atom is 0.164 e. The topological polar surface area (TPSA) is 49.8 Å². The number of benzene rings is 1. The molecule has 2 heterocycles. The van der Waals surface area contributed by atoms with Gasteiger partial charge in [0.2, 0.25) is 0 Å². The third-order valence-electron chi connectivity index (χ3n) is 4.18. The summed E-state index contributed by atoms with van der Waals surface area (Å²) < 4.78 is 14.0. The van der Waals surface area contributed by atoms with E-state index < -0.39 is 0 Å². The van der Waals surface area contributed by atoms with E-state index in [0.717, 1.165) is 43.0 Å². The van der Waals surface area contributed by atoms with Crippen LogP contribution in [0, 0.1) is 19.7 Å². The standard InChI is InChI=1S/C17H21FN4/c1-11-12(2)20-17(14-5-3-4-6-15(14)18)22-16(11)21-13-7-9-19-10-8-13/h3-6,13,19H,7-10H2,1-2H3,(H,20,21,22). The first-order valence-electron chi connectivity index (χ1n) is 7.72. The second-order valence-electron chi connectivity index (χ2n) is 5.75. The maximum absolute atomic E-state index is 14.0. The van der Waals surface area contributed by atoms with Crippen LogP contribution in [0.3, 0.4) is 0 Å². The van der Waals surface area contributed by atoms with Gasteiger partial charge in [0, 0.05) is 17.3 Å². The fourth-order valence-electron chi connectivity index (χ4n) is 2.69. The number of anilines is 1. The van der Waals surface area contributed by atoms with Gasteiger partial charge in [0.05, 0.1) is 5.56 Å². The van der Waals surface area contributed by atoms with Gasteiger partial charge in [-0.15, -0.1) is 0 Å².